The third-order valence-corrected chi connectivity index (χ3v) is 7.56. The van der Waals surface area contributed by atoms with Gasteiger partial charge in [-0.2, -0.15) is 24.5 Å². The summed E-state index contributed by atoms with van der Waals surface area (Å²) in [4.78, 5) is 12.6. The summed E-state index contributed by atoms with van der Waals surface area (Å²) in [6, 6.07) is 15.4. The molecule has 0 bridgehead atoms. The second-order valence-corrected chi connectivity index (χ2v) is 10.5. The topological polar surface area (TPSA) is 95.5 Å². The minimum absolute atomic E-state index is 0.0808. The number of halogens is 3. The number of nitrogens with one attached hydrogen (secondary N) is 2. The molecule has 0 saturated heterocycles. The third kappa shape index (κ3) is 5.86. The van der Waals surface area contributed by atoms with Gasteiger partial charge in [0.15, 0.2) is 9.84 Å². The first-order chi connectivity index (χ1) is 17.0. The minimum atomic E-state index is -4.57. The Morgan fingerprint density at radius 1 is 0.944 bits per heavy atom. The van der Waals surface area contributed by atoms with Crippen molar-refractivity contribution in [1.29, 1.82) is 0 Å². The molecule has 0 fully saturated rings. The number of phenols is 1. The largest absolute Gasteiger partial charge is 0.508 e. The van der Waals surface area contributed by atoms with Gasteiger partial charge in [-0.1, -0.05) is 30.3 Å². The van der Waals surface area contributed by atoms with Gasteiger partial charge in [-0.3, -0.25) is 0 Å². The van der Waals surface area contributed by atoms with Gasteiger partial charge in [-0.25, -0.2) is 13.2 Å². The Bertz CT molecular complexity index is 1500. The van der Waals surface area contributed by atoms with Crippen molar-refractivity contribution < 1.29 is 31.5 Å². The highest BCUT2D eigenvalue weighted by molar-refractivity contribution is 7.90. The van der Waals surface area contributed by atoms with E-state index in [0.29, 0.717) is 5.56 Å². The molecule has 0 saturated carbocycles. The van der Waals surface area contributed by atoms with Gasteiger partial charge in [0.1, 0.15) is 5.75 Å². The van der Waals surface area contributed by atoms with Gasteiger partial charge in [0, 0.05) is 16.8 Å². The van der Waals surface area contributed by atoms with Crippen molar-refractivity contribution in [3.8, 4) is 16.9 Å². The summed E-state index contributed by atoms with van der Waals surface area (Å²) in [5, 5.41) is 18.5. The Kier molecular flexibility index (Phi) is 7.04. The standard InChI is InChI=1S/C25H19F3N2O4S2/c26-25(27,28)18-5-3-6-19(12-18)29-24(32)30-22-13-20(8-9-21(22)16-10-11-35-14-16)36(33,34)15-17-4-1-2-7-23(17)31/h1-14,31H,15H2,(H2,29,30,32). The Morgan fingerprint density at radius 3 is 2.42 bits per heavy atom. The second kappa shape index (κ2) is 10.0. The van der Waals surface area contributed by atoms with E-state index < -0.39 is 33.4 Å². The second-order valence-electron chi connectivity index (χ2n) is 7.76. The van der Waals surface area contributed by atoms with Crippen LogP contribution in [-0.4, -0.2) is 19.6 Å². The van der Waals surface area contributed by atoms with Crippen LogP contribution in [0.15, 0.2) is 88.5 Å². The summed E-state index contributed by atoms with van der Waals surface area (Å²) in [5.74, 6) is -0.623. The molecular formula is C25H19F3N2O4S2. The van der Waals surface area contributed by atoms with Gasteiger partial charge in [0.25, 0.3) is 0 Å². The number of para-hydroxylation sites is 1. The highest BCUT2D eigenvalue weighted by atomic mass is 32.2. The quantitative estimate of drug-likeness (QED) is 0.256. The Balaban J connectivity index is 1.64. The fourth-order valence-corrected chi connectivity index (χ4v) is 5.52. The molecule has 0 spiro atoms. The summed E-state index contributed by atoms with van der Waals surface area (Å²) in [7, 11) is -3.91. The fraction of sp³-hybridized carbons (Fsp3) is 0.0800. The van der Waals surface area contributed by atoms with Crippen molar-refractivity contribution in [3.05, 3.63) is 94.7 Å². The lowest BCUT2D eigenvalue weighted by atomic mass is 10.1. The molecule has 0 aliphatic heterocycles. The molecular weight excluding hydrogens is 513 g/mol. The number of carbonyl (C=O) groups excluding carboxylic acids is 1. The zero-order chi connectivity index (χ0) is 25.9. The fourth-order valence-electron chi connectivity index (χ4n) is 3.47. The van der Waals surface area contributed by atoms with E-state index in [9.17, 15) is 31.5 Å². The first-order valence-electron chi connectivity index (χ1n) is 10.4. The number of hydrogen-bond acceptors (Lipinski definition) is 5. The Morgan fingerprint density at radius 2 is 1.72 bits per heavy atom. The van der Waals surface area contributed by atoms with Gasteiger partial charge in [-0.05, 0) is 58.8 Å². The van der Waals surface area contributed by atoms with Crippen LogP contribution in [0.5, 0.6) is 5.75 Å². The normalized spacial score (nSPS) is 11.8. The van der Waals surface area contributed by atoms with E-state index >= 15 is 0 Å². The summed E-state index contributed by atoms with van der Waals surface area (Å²) in [6.45, 7) is 0. The lowest BCUT2D eigenvalue weighted by molar-refractivity contribution is -0.137. The average molecular weight is 533 g/mol. The zero-order valence-electron chi connectivity index (χ0n) is 18.4. The first kappa shape index (κ1) is 25.3. The van der Waals surface area contributed by atoms with E-state index in [2.05, 4.69) is 10.6 Å². The predicted molar refractivity (Wildman–Crippen MR) is 133 cm³/mol. The van der Waals surface area contributed by atoms with Crippen LogP contribution in [0.2, 0.25) is 0 Å². The van der Waals surface area contributed by atoms with Gasteiger partial charge in [-0.15, -0.1) is 0 Å². The molecule has 3 N–H and O–H groups in total. The zero-order valence-corrected chi connectivity index (χ0v) is 20.0. The molecule has 186 valence electrons. The molecule has 1 aromatic heterocycles. The molecule has 2 amide bonds. The van der Waals surface area contributed by atoms with Crippen molar-refractivity contribution >= 4 is 38.6 Å². The lowest BCUT2D eigenvalue weighted by Gasteiger charge is -2.15. The summed E-state index contributed by atoms with van der Waals surface area (Å²) < 4.78 is 65.1. The monoisotopic (exact) mass is 532 g/mol. The van der Waals surface area contributed by atoms with Gasteiger partial charge in [0.2, 0.25) is 0 Å². The summed E-state index contributed by atoms with van der Waals surface area (Å²) in [6.07, 6.45) is -4.57. The number of anilines is 2. The number of amides is 2. The van der Waals surface area contributed by atoms with E-state index in [-0.39, 0.29) is 27.6 Å². The number of sulfone groups is 1. The predicted octanol–water partition coefficient (Wildman–Crippen LogP) is 6.76. The number of benzene rings is 3. The van der Waals surface area contributed by atoms with Crippen LogP contribution in [0.1, 0.15) is 11.1 Å². The van der Waals surface area contributed by atoms with Gasteiger partial charge < -0.3 is 15.7 Å². The molecule has 0 aliphatic rings. The highest BCUT2D eigenvalue weighted by Gasteiger charge is 2.30. The lowest BCUT2D eigenvalue weighted by Crippen LogP contribution is -2.20. The van der Waals surface area contributed by atoms with Crippen LogP contribution in [-0.2, 0) is 21.8 Å². The van der Waals surface area contributed by atoms with Gasteiger partial charge in [0.05, 0.1) is 21.9 Å². The minimum Gasteiger partial charge on any atom is -0.508 e. The van der Waals surface area contributed by atoms with Gasteiger partial charge >= 0.3 is 12.2 Å². The Hall–Kier alpha value is -3.83. The van der Waals surface area contributed by atoms with Crippen LogP contribution in [0.4, 0.5) is 29.3 Å². The smallest absolute Gasteiger partial charge is 0.416 e. The number of urea groups is 1. The molecule has 4 aromatic rings. The number of thiophene rings is 1. The van der Waals surface area contributed by atoms with Crippen molar-refractivity contribution in [2.45, 2.75) is 16.8 Å². The maximum absolute atomic E-state index is 13.1. The maximum atomic E-state index is 13.1. The van der Waals surface area contributed by atoms with E-state index in [0.717, 1.165) is 17.7 Å². The van der Waals surface area contributed by atoms with Crippen LogP contribution in [0, 0.1) is 0 Å². The number of aromatic hydroxyl groups is 1. The van der Waals surface area contributed by atoms with E-state index in [4.69, 9.17) is 0 Å². The maximum Gasteiger partial charge on any atom is 0.416 e. The molecule has 3 aromatic carbocycles. The molecule has 1 heterocycles. The van der Waals surface area contributed by atoms with Crippen LogP contribution in [0.3, 0.4) is 0 Å². The number of rotatable bonds is 6. The highest BCUT2D eigenvalue weighted by Crippen LogP contribution is 2.34. The molecule has 0 atom stereocenters. The van der Waals surface area contributed by atoms with Crippen LogP contribution >= 0.6 is 11.3 Å². The van der Waals surface area contributed by atoms with Crippen molar-refractivity contribution in [3.63, 3.8) is 0 Å². The number of phenolic OH excluding ortho intramolecular Hbond substituents is 1. The number of carbonyl (C=O) groups is 1. The average Bonchev–Trinajstić information content (AvgIpc) is 3.35. The number of alkyl halides is 3. The first-order valence-corrected chi connectivity index (χ1v) is 13.0. The van der Waals surface area contributed by atoms with Crippen LogP contribution in [0.25, 0.3) is 11.1 Å². The number of hydrogen-bond donors (Lipinski definition) is 3. The molecule has 0 aliphatic carbocycles. The van der Waals surface area contributed by atoms with E-state index in [1.165, 1.54) is 47.7 Å². The Labute approximate surface area is 209 Å². The molecule has 4 rings (SSSR count). The van der Waals surface area contributed by atoms with Crippen molar-refractivity contribution in [2.24, 2.45) is 0 Å². The molecule has 11 heteroatoms. The van der Waals surface area contributed by atoms with Crippen molar-refractivity contribution in [1.82, 2.24) is 0 Å². The molecule has 0 unspecified atom stereocenters. The molecule has 6 nitrogen and oxygen atoms in total. The summed E-state index contributed by atoms with van der Waals surface area (Å²) >= 11 is 1.40. The van der Waals surface area contributed by atoms with E-state index in [1.54, 1.807) is 29.6 Å². The van der Waals surface area contributed by atoms with Crippen LogP contribution < -0.4 is 10.6 Å². The summed E-state index contributed by atoms with van der Waals surface area (Å²) in [5.41, 5.74) is 0.614. The SMILES string of the molecule is O=C(Nc1cccc(C(F)(F)F)c1)Nc1cc(S(=O)(=O)Cc2ccccc2O)ccc1-c1ccsc1. The molecule has 36 heavy (non-hydrogen) atoms. The molecule has 0 radical (unpaired) electrons. The van der Waals surface area contributed by atoms with E-state index in [1.807, 2.05) is 5.38 Å². The third-order valence-electron chi connectivity index (χ3n) is 5.22. The van der Waals surface area contributed by atoms with Crippen molar-refractivity contribution in [2.75, 3.05) is 10.6 Å².